The molecule has 2 aromatic heterocycles. The topological polar surface area (TPSA) is 54.3 Å². The highest BCUT2D eigenvalue weighted by Crippen LogP contribution is 2.28. The highest BCUT2D eigenvalue weighted by Gasteiger charge is 2.27. The summed E-state index contributed by atoms with van der Waals surface area (Å²) < 4.78 is 1.97. The lowest BCUT2D eigenvalue weighted by Crippen LogP contribution is -2.50. The van der Waals surface area contributed by atoms with E-state index in [1.54, 1.807) is 11.3 Å². The van der Waals surface area contributed by atoms with Gasteiger partial charge in [0.15, 0.2) is 11.0 Å². The van der Waals surface area contributed by atoms with Crippen LogP contribution < -0.4 is 0 Å². The van der Waals surface area contributed by atoms with Crippen LogP contribution in [-0.2, 0) is 18.4 Å². The number of rotatable bonds is 6. The second kappa shape index (κ2) is 9.11. The largest absolute Gasteiger partial charge is 0.339 e. The van der Waals surface area contributed by atoms with Crippen LogP contribution in [0.1, 0.15) is 12.5 Å². The predicted octanol–water partition coefficient (Wildman–Crippen LogP) is 3.37. The SMILES string of the molecule is CC(Sc1nnc(-c2cccs2)n1C)C(=O)N1CCN(Cc2ccccc2)CC1. The second-order valence-corrected chi connectivity index (χ2v) is 9.45. The molecule has 29 heavy (non-hydrogen) atoms. The molecule has 6 nitrogen and oxygen atoms in total. The van der Waals surface area contributed by atoms with Gasteiger partial charge in [0.1, 0.15) is 0 Å². The number of hydrogen-bond acceptors (Lipinski definition) is 6. The third kappa shape index (κ3) is 4.71. The molecule has 1 fully saturated rings. The van der Waals surface area contributed by atoms with Crippen LogP contribution in [0.25, 0.3) is 10.7 Å². The number of carbonyl (C=O) groups is 1. The fourth-order valence-electron chi connectivity index (χ4n) is 3.47. The summed E-state index contributed by atoms with van der Waals surface area (Å²) in [7, 11) is 1.96. The van der Waals surface area contributed by atoms with Crippen LogP contribution in [-0.4, -0.2) is 61.9 Å². The Labute approximate surface area is 179 Å². The molecule has 0 bridgehead atoms. The number of piperazine rings is 1. The lowest BCUT2D eigenvalue weighted by Gasteiger charge is -2.35. The van der Waals surface area contributed by atoms with E-state index < -0.39 is 0 Å². The molecule has 152 valence electrons. The molecule has 4 rings (SSSR count). The van der Waals surface area contributed by atoms with E-state index in [9.17, 15) is 4.79 Å². The van der Waals surface area contributed by atoms with E-state index in [-0.39, 0.29) is 11.2 Å². The lowest BCUT2D eigenvalue weighted by molar-refractivity contribution is -0.132. The van der Waals surface area contributed by atoms with Crippen molar-refractivity contribution >= 4 is 29.0 Å². The Morgan fingerprint density at radius 2 is 1.86 bits per heavy atom. The van der Waals surface area contributed by atoms with E-state index in [1.807, 2.05) is 47.0 Å². The highest BCUT2D eigenvalue weighted by molar-refractivity contribution is 8.00. The van der Waals surface area contributed by atoms with E-state index in [2.05, 4.69) is 39.4 Å². The van der Waals surface area contributed by atoms with Crippen LogP contribution in [0.2, 0.25) is 0 Å². The molecule has 3 heterocycles. The zero-order valence-corrected chi connectivity index (χ0v) is 18.3. The molecule has 1 aliphatic rings. The molecular weight excluding hydrogens is 402 g/mol. The minimum atomic E-state index is -0.185. The maximum absolute atomic E-state index is 12.9. The van der Waals surface area contributed by atoms with Gasteiger partial charge in [-0.15, -0.1) is 21.5 Å². The number of carbonyl (C=O) groups excluding carboxylic acids is 1. The Balaban J connectivity index is 1.31. The first kappa shape index (κ1) is 20.1. The van der Waals surface area contributed by atoms with Crippen LogP contribution in [0, 0.1) is 0 Å². The molecule has 8 heteroatoms. The van der Waals surface area contributed by atoms with Gasteiger partial charge in [-0.05, 0) is 23.9 Å². The summed E-state index contributed by atoms with van der Waals surface area (Å²) >= 11 is 3.12. The smallest absolute Gasteiger partial charge is 0.235 e. The summed E-state index contributed by atoms with van der Waals surface area (Å²) in [5, 5.41) is 11.2. The van der Waals surface area contributed by atoms with Gasteiger partial charge in [0, 0.05) is 39.8 Å². The minimum Gasteiger partial charge on any atom is -0.339 e. The molecular formula is C21H25N5OS2. The van der Waals surface area contributed by atoms with Crippen molar-refractivity contribution in [1.82, 2.24) is 24.6 Å². The van der Waals surface area contributed by atoms with Crippen molar-refractivity contribution < 1.29 is 4.79 Å². The first-order valence-corrected chi connectivity index (χ1v) is 11.5. The summed E-state index contributed by atoms with van der Waals surface area (Å²) in [6.45, 7) is 6.26. The van der Waals surface area contributed by atoms with E-state index in [1.165, 1.54) is 17.3 Å². The molecule has 1 aliphatic heterocycles. The van der Waals surface area contributed by atoms with Crippen molar-refractivity contribution in [2.24, 2.45) is 7.05 Å². The Morgan fingerprint density at radius 1 is 1.10 bits per heavy atom. The summed E-state index contributed by atoms with van der Waals surface area (Å²) in [6, 6.07) is 14.5. The van der Waals surface area contributed by atoms with Crippen LogP contribution in [0.3, 0.4) is 0 Å². The van der Waals surface area contributed by atoms with Gasteiger partial charge in [0.2, 0.25) is 5.91 Å². The molecule has 0 N–H and O–H groups in total. The number of hydrogen-bond donors (Lipinski definition) is 0. The van der Waals surface area contributed by atoms with E-state index in [0.717, 1.165) is 48.6 Å². The fraction of sp³-hybridized carbons (Fsp3) is 0.381. The van der Waals surface area contributed by atoms with E-state index >= 15 is 0 Å². The predicted molar refractivity (Wildman–Crippen MR) is 118 cm³/mol. The van der Waals surface area contributed by atoms with Gasteiger partial charge in [-0.2, -0.15) is 0 Å². The van der Waals surface area contributed by atoms with Gasteiger partial charge in [0.25, 0.3) is 0 Å². The van der Waals surface area contributed by atoms with Gasteiger partial charge in [-0.25, -0.2) is 0 Å². The molecule has 1 atom stereocenters. The first-order valence-electron chi connectivity index (χ1n) is 9.77. The van der Waals surface area contributed by atoms with Crippen molar-refractivity contribution in [2.45, 2.75) is 23.9 Å². The van der Waals surface area contributed by atoms with Gasteiger partial charge >= 0.3 is 0 Å². The zero-order chi connectivity index (χ0) is 20.2. The maximum Gasteiger partial charge on any atom is 0.235 e. The number of aromatic nitrogens is 3. The van der Waals surface area contributed by atoms with Crippen molar-refractivity contribution in [1.29, 1.82) is 0 Å². The number of nitrogens with zero attached hydrogens (tertiary/aromatic N) is 5. The standard InChI is InChI=1S/C21H25N5OS2/c1-16(29-21-23-22-19(24(21)2)18-9-6-14-28-18)20(27)26-12-10-25(11-13-26)15-17-7-4-3-5-8-17/h3-9,14,16H,10-13,15H2,1-2H3. The number of benzene rings is 1. The Kier molecular flexibility index (Phi) is 6.32. The molecule has 0 spiro atoms. The molecule has 1 saturated heterocycles. The van der Waals surface area contributed by atoms with Crippen LogP contribution in [0.5, 0.6) is 0 Å². The van der Waals surface area contributed by atoms with Crippen molar-refractivity contribution in [3.8, 4) is 10.7 Å². The minimum absolute atomic E-state index is 0.176. The molecule has 0 aliphatic carbocycles. The van der Waals surface area contributed by atoms with Crippen molar-refractivity contribution in [3.63, 3.8) is 0 Å². The summed E-state index contributed by atoms with van der Waals surface area (Å²) in [5.74, 6) is 1.02. The van der Waals surface area contributed by atoms with Crippen LogP contribution in [0.4, 0.5) is 0 Å². The molecule has 1 unspecified atom stereocenters. The van der Waals surface area contributed by atoms with Gasteiger partial charge in [-0.3, -0.25) is 9.69 Å². The third-order valence-electron chi connectivity index (χ3n) is 5.14. The van der Waals surface area contributed by atoms with Gasteiger partial charge < -0.3 is 9.47 Å². The van der Waals surface area contributed by atoms with Gasteiger partial charge in [0.05, 0.1) is 10.1 Å². The average molecular weight is 428 g/mol. The van der Waals surface area contributed by atoms with Crippen molar-refractivity contribution in [2.75, 3.05) is 26.2 Å². The Hall–Kier alpha value is -2.16. The summed E-state index contributed by atoms with van der Waals surface area (Å²) in [4.78, 5) is 18.4. The molecule has 0 saturated carbocycles. The average Bonchev–Trinajstić information content (AvgIpc) is 3.39. The first-order chi connectivity index (χ1) is 14.1. The molecule has 1 aromatic carbocycles. The quantitative estimate of drug-likeness (QED) is 0.565. The molecule has 1 amide bonds. The van der Waals surface area contributed by atoms with E-state index in [0.29, 0.717) is 0 Å². The van der Waals surface area contributed by atoms with Crippen LogP contribution >= 0.6 is 23.1 Å². The summed E-state index contributed by atoms with van der Waals surface area (Å²) in [5.41, 5.74) is 1.32. The second-order valence-electron chi connectivity index (χ2n) is 7.19. The number of amides is 1. The van der Waals surface area contributed by atoms with Crippen molar-refractivity contribution in [3.05, 3.63) is 53.4 Å². The molecule has 3 aromatic rings. The maximum atomic E-state index is 12.9. The molecule has 0 radical (unpaired) electrons. The lowest BCUT2D eigenvalue weighted by atomic mass is 10.2. The van der Waals surface area contributed by atoms with Gasteiger partial charge in [-0.1, -0.05) is 48.2 Å². The van der Waals surface area contributed by atoms with E-state index in [4.69, 9.17) is 0 Å². The monoisotopic (exact) mass is 427 g/mol. The number of thioether (sulfide) groups is 1. The fourth-order valence-corrected chi connectivity index (χ4v) is 5.11. The Bertz CT molecular complexity index is 933. The Morgan fingerprint density at radius 3 is 2.55 bits per heavy atom. The van der Waals surface area contributed by atoms with Crippen LogP contribution in [0.15, 0.2) is 53.0 Å². The zero-order valence-electron chi connectivity index (χ0n) is 16.7. The summed E-state index contributed by atoms with van der Waals surface area (Å²) in [6.07, 6.45) is 0. The number of thiophene rings is 1. The highest BCUT2D eigenvalue weighted by atomic mass is 32.2. The normalized spacial score (nSPS) is 16.1. The third-order valence-corrected chi connectivity index (χ3v) is 7.13.